The normalized spacial score (nSPS) is 15.7. The second kappa shape index (κ2) is 7.27. The summed E-state index contributed by atoms with van der Waals surface area (Å²) in [5.41, 5.74) is 0.776. The molecule has 0 amide bonds. The van der Waals surface area contributed by atoms with Crippen molar-refractivity contribution >= 4 is 16.9 Å². The Morgan fingerprint density at radius 2 is 1.85 bits per heavy atom. The van der Waals surface area contributed by atoms with Crippen LogP contribution in [0.5, 0.6) is 5.75 Å². The molecule has 0 atom stereocenters. The molecule has 2 aromatic heterocycles. The van der Waals surface area contributed by atoms with E-state index in [1.54, 1.807) is 29.2 Å². The van der Waals surface area contributed by atoms with Crippen molar-refractivity contribution in [2.75, 3.05) is 18.0 Å². The van der Waals surface area contributed by atoms with Crippen molar-refractivity contribution < 1.29 is 13.5 Å². The highest BCUT2D eigenvalue weighted by molar-refractivity contribution is 5.86. The summed E-state index contributed by atoms with van der Waals surface area (Å²) in [5, 5.41) is 0.877. The van der Waals surface area contributed by atoms with Gasteiger partial charge in [0.1, 0.15) is 11.9 Å². The lowest BCUT2D eigenvalue weighted by Crippen LogP contribution is -2.39. The number of aromatic nitrogens is 3. The van der Waals surface area contributed by atoms with E-state index in [0.717, 1.165) is 48.5 Å². The van der Waals surface area contributed by atoms with Gasteiger partial charge in [-0.25, -0.2) is 18.7 Å². The molecule has 0 bridgehead atoms. The summed E-state index contributed by atoms with van der Waals surface area (Å²) >= 11 is 0. The zero-order valence-corrected chi connectivity index (χ0v) is 14.3. The number of hydrogen-bond donors (Lipinski definition) is 0. The van der Waals surface area contributed by atoms with Gasteiger partial charge < -0.3 is 14.2 Å². The van der Waals surface area contributed by atoms with Gasteiger partial charge in [0.2, 0.25) is 5.95 Å². The number of alkyl halides is 2. The Morgan fingerprint density at radius 1 is 1.08 bits per heavy atom. The molecule has 136 valence electrons. The quantitative estimate of drug-likeness (QED) is 0.697. The Labute approximate surface area is 150 Å². The molecule has 0 unspecified atom stereocenters. The van der Waals surface area contributed by atoms with E-state index in [1.807, 2.05) is 24.3 Å². The molecule has 3 heterocycles. The summed E-state index contributed by atoms with van der Waals surface area (Å²) in [6.07, 6.45) is 4.64. The maximum absolute atomic E-state index is 12.7. The third-order valence-corrected chi connectivity index (χ3v) is 4.68. The van der Waals surface area contributed by atoms with Crippen molar-refractivity contribution in [3.05, 3.63) is 48.9 Å². The van der Waals surface area contributed by atoms with E-state index in [4.69, 9.17) is 4.74 Å². The number of halogens is 2. The van der Waals surface area contributed by atoms with E-state index in [9.17, 15) is 8.78 Å². The van der Waals surface area contributed by atoms with E-state index >= 15 is 0 Å². The maximum atomic E-state index is 12.7. The fourth-order valence-electron chi connectivity index (χ4n) is 3.41. The number of nitrogens with zero attached hydrogens (tertiary/aromatic N) is 4. The summed E-state index contributed by atoms with van der Waals surface area (Å²) in [7, 11) is 0. The average Bonchev–Trinajstić information content (AvgIpc) is 3.06. The van der Waals surface area contributed by atoms with Crippen LogP contribution in [0.1, 0.15) is 12.8 Å². The smallest absolute Gasteiger partial charge is 0.256 e. The first-order valence-corrected chi connectivity index (χ1v) is 8.75. The van der Waals surface area contributed by atoms with Crippen LogP contribution in [0.2, 0.25) is 0 Å². The predicted octanol–water partition coefficient (Wildman–Crippen LogP) is 3.74. The first-order valence-electron chi connectivity index (χ1n) is 8.75. The SMILES string of the molecule is FC(F)Cn1ccc2c(OC3CCN(c4ncccn4)CC3)cccc21. The topological polar surface area (TPSA) is 43.2 Å². The van der Waals surface area contributed by atoms with Gasteiger partial charge in [-0.3, -0.25) is 0 Å². The highest BCUT2D eigenvalue weighted by Gasteiger charge is 2.23. The molecule has 7 heteroatoms. The van der Waals surface area contributed by atoms with Crippen LogP contribution in [-0.2, 0) is 6.54 Å². The minimum Gasteiger partial charge on any atom is -0.490 e. The molecule has 0 aliphatic carbocycles. The molecule has 4 rings (SSSR count). The van der Waals surface area contributed by atoms with Gasteiger partial charge >= 0.3 is 0 Å². The standard InChI is InChI=1S/C19H20F2N4O/c20-18(21)13-25-12-7-15-16(25)3-1-4-17(15)26-14-5-10-24(11-6-14)19-22-8-2-9-23-19/h1-4,7-9,12,14,18H,5-6,10-11,13H2. The van der Waals surface area contributed by atoms with Gasteiger partial charge in [-0.05, 0) is 24.3 Å². The number of anilines is 1. The van der Waals surface area contributed by atoms with Gasteiger partial charge in [0, 0.05) is 49.9 Å². The van der Waals surface area contributed by atoms with Gasteiger partial charge in [0.05, 0.1) is 12.1 Å². The molecule has 1 fully saturated rings. The zero-order valence-electron chi connectivity index (χ0n) is 14.3. The van der Waals surface area contributed by atoms with Crippen molar-refractivity contribution in [2.24, 2.45) is 0 Å². The van der Waals surface area contributed by atoms with Crippen LogP contribution >= 0.6 is 0 Å². The number of piperidine rings is 1. The van der Waals surface area contributed by atoms with Gasteiger partial charge in [0.15, 0.2) is 0 Å². The van der Waals surface area contributed by atoms with Crippen LogP contribution in [0.25, 0.3) is 10.9 Å². The van der Waals surface area contributed by atoms with E-state index < -0.39 is 6.43 Å². The van der Waals surface area contributed by atoms with Crippen LogP contribution in [-0.4, -0.2) is 40.2 Å². The minimum atomic E-state index is -2.38. The highest BCUT2D eigenvalue weighted by atomic mass is 19.3. The van der Waals surface area contributed by atoms with Gasteiger partial charge in [-0.1, -0.05) is 6.07 Å². The average molecular weight is 358 g/mol. The summed E-state index contributed by atoms with van der Waals surface area (Å²) in [6, 6.07) is 9.26. The Kier molecular flexibility index (Phi) is 4.69. The van der Waals surface area contributed by atoms with Crippen LogP contribution in [0.4, 0.5) is 14.7 Å². The van der Waals surface area contributed by atoms with Crippen LogP contribution < -0.4 is 9.64 Å². The molecule has 1 aliphatic heterocycles. The largest absolute Gasteiger partial charge is 0.490 e. The van der Waals surface area contributed by atoms with E-state index in [-0.39, 0.29) is 12.6 Å². The second-order valence-corrected chi connectivity index (χ2v) is 6.40. The van der Waals surface area contributed by atoms with E-state index in [1.165, 1.54) is 0 Å². The number of ether oxygens (including phenoxy) is 1. The molecule has 1 aliphatic rings. The third kappa shape index (κ3) is 3.47. The summed E-state index contributed by atoms with van der Waals surface area (Å²) in [5.74, 6) is 1.50. The Hall–Kier alpha value is -2.70. The molecule has 1 aromatic carbocycles. The van der Waals surface area contributed by atoms with Crippen molar-refractivity contribution in [3.8, 4) is 5.75 Å². The lowest BCUT2D eigenvalue weighted by atomic mass is 10.1. The van der Waals surface area contributed by atoms with Gasteiger partial charge in [0.25, 0.3) is 6.43 Å². The van der Waals surface area contributed by atoms with Crippen LogP contribution in [0, 0.1) is 0 Å². The Bertz CT molecular complexity index is 860. The maximum Gasteiger partial charge on any atom is 0.256 e. The van der Waals surface area contributed by atoms with Crippen LogP contribution in [0.15, 0.2) is 48.9 Å². The van der Waals surface area contributed by atoms with Crippen molar-refractivity contribution in [1.82, 2.24) is 14.5 Å². The first-order chi connectivity index (χ1) is 12.7. The van der Waals surface area contributed by atoms with Crippen LogP contribution in [0.3, 0.4) is 0 Å². The number of benzene rings is 1. The van der Waals surface area contributed by atoms with Crippen molar-refractivity contribution in [3.63, 3.8) is 0 Å². The molecule has 0 N–H and O–H groups in total. The first kappa shape index (κ1) is 16.8. The lowest BCUT2D eigenvalue weighted by Gasteiger charge is -2.32. The second-order valence-electron chi connectivity index (χ2n) is 6.40. The molecule has 0 spiro atoms. The Balaban J connectivity index is 1.44. The minimum absolute atomic E-state index is 0.0963. The summed E-state index contributed by atoms with van der Waals surface area (Å²) in [4.78, 5) is 10.7. The monoisotopic (exact) mass is 358 g/mol. The molecular formula is C19H20F2N4O. The highest BCUT2D eigenvalue weighted by Crippen LogP contribution is 2.29. The van der Waals surface area contributed by atoms with Gasteiger partial charge in [-0.2, -0.15) is 0 Å². The number of hydrogen-bond acceptors (Lipinski definition) is 4. The molecule has 0 saturated carbocycles. The molecule has 0 radical (unpaired) electrons. The fraction of sp³-hybridized carbons (Fsp3) is 0.368. The van der Waals surface area contributed by atoms with Crippen molar-refractivity contribution in [1.29, 1.82) is 0 Å². The van der Waals surface area contributed by atoms with E-state index in [0.29, 0.717) is 0 Å². The third-order valence-electron chi connectivity index (χ3n) is 4.68. The van der Waals surface area contributed by atoms with Crippen molar-refractivity contribution in [2.45, 2.75) is 31.9 Å². The van der Waals surface area contributed by atoms with Gasteiger partial charge in [-0.15, -0.1) is 0 Å². The fourth-order valence-corrected chi connectivity index (χ4v) is 3.41. The van der Waals surface area contributed by atoms with E-state index in [2.05, 4.69) is 14.9 Å². The summed E-state index contributed by atoms with van der Waals surface area (Å²) < 4.78 is 33.2. The lowest BCUT2D eigenvalue weighted by molar-refractivity contribution is 0.128. The molecule has 1 saturated heterocycles. The molecular weight excluding hydrogens is 338 g/mol. The number of rotatable bonds is 5. The molecule has 26 heavy (non-hydrogen) atoms. The molecule has 5 nitrogen and oxygen atoms in total. The Morgan fingerprint density at radius 3 is 2.58 bits per heavy atom. The number of fused-ring (bicyclic) bond motifs is 1. The zero-order chi connectivity index (χ0) is 17.9. The predicted molar refractivity (Wildman–Crippen MR) is 95.8 cm³/mol. The summed E-state index contributed by atoms with van der Waals surface area (Å²) in [6.45, 7) is 1.36. The molecule has 3 aromatic rings.